The van der Waals surface area contributed by atoms with Crippen molar-refractivity contribution in [3.63, 3.8) is 0 Å². The molecule has 1 aliphatic rings. The number of fused-ring (bicyclic) bond motifs is 1. The van der Waals surface area contributed by atoms with Gasteiger partial charge in [0.2, 0.25) is 5.91 Å². The molecule has 0 unspecified atom stereocenters. The summed E-state index contributed by atoms with van der Waals surface area (Å²) >= 11 is 0. The third-order valence-electron chi connectivity index (χ3n) is 3.57. The quantitative estimate of drug-likeness (QED) is 0.922. The Morgan fingerprint density at radius 1 is 1.23 bits per heavy atom. The van der Waals surface area contributed by atoms with Crippen LogP contribution in [0.15, 0.2) is 42.5 Å². The second-order valence-electron chi connectivity index (χ2n) is 5.22. The molecule has 4 heteroatoms. The number of nitrogens with one attached hydrogen (secondary N) is 1. The van der Waals surface area contributed by atoms with Crippen LogP contribution in [0.25, 0.3) is 0 Å². The van der Waals surface area contributed by atoms with E-state index in [0.29, 0.717) is 13.0 Å². The highest BCUT2D eigenvalue weighted by molar-refractivity contribution is 5.92. The van der Waals surface area contributed by atoms with Crippen molar-refractivity contribution in [3.8, 4) is 11.5 Å². The summed E-state index contributed by atoms with van der Waals surface area (Å²) in [5.74, 6) is 1.72. The summed E-state index contributed by atoms with van der Waals surface area (Å²) in [7, 11) is 0. The van der Waals surface area contributed by atoms with Crippen molar-refractivity contribution in [2.24, 2.45) is 0 Å². The van der Waals surface area contributed by atoms with E-state index in [-0.39, 0.29) is 5.91 Å². The fraction of sp³-hybridized carbons (Fsp3) is 0.278. The van der Waals surface area contributed by atoms with Crippen molar-refractivity contribution >= 4 is 11.6 Å². The maximum atomic E-state index is 12.1. The zero-order chi connectivity index (χ0) is 15.4. The molecule has 0 aromatic heterocycles. The Balaban J connectivity index is 1.60. The van der Waals surface area contributed by atoms with Crippen molar-refractivity contribution < 1.29 is 14.3 Å². The lowest BCUT2D eigenvalue weighted by atomic mass is 10.1. The molecule has 114 valence electrons. The van der Waals surface area contributed by atoms with Crippen LogP contribution in [-0.2, 0) is 17.6 Å². The van der Waals surface area contributed by atoms with Crippen molar-refractivity contribution in [2.75, 3.05) is 18.5 Å². The molecule has 2 aromatic carbocycles. The van der Waals surface area contributed by atoms with Crippen LogP contribution in [0.3, 0.4) is 0 Å². The largest absolute Gasteiger partial charge is 0.494 e. The third kappa shape index (κ3) is 3.39. The van der Waals surface area contributed by atoms with E-state index < -0.39 is 0 Å². The average molecular weight is 297 g/mol. The van der Waals surface area contributed by atoms with Crippen molar-refractivity contribution in [2.45, 2.75) is 19.8 Å². The first-order valence-corrected chi connectivity index (χ1v) is 7.52. The molecular formula is C18H19NO3. The zero-order valence-corrected chi connectivity index (χ0v) is 12.6. The van der Waals surface area contributed by atoms with Gasteiger partial charge in [0.25, 0.3) is 0 Å². The Labute approximate surface area is 130 Å². The summed E-state index contributed by atoms with van der Waals surface area (Å²) < 4.78 is 10.9. The number of carbonyl (C=O) groups is 1. The molecule has 0 aliphatic carbocycles. The van der Waals surface area contributed by atoms with Crippen LogP contribution in [-0.4, -0.2) is 19.1 Å². The molecule has 0 fully saturated rings. The lowest BCUT2D eigenvalue weighted by Crippen LogP contribution is -2.14. The van der Waals surface area contributed by atoms with Gasteiger partial charge in [-0.2, -0.15) is 0 Å². The van der Waals surface area contributed by atoms with E-state index in [0.717, 1.165) is 41.3 Å². The number of hydrogen-bond acceptors (Lipinski definition) is 3. The second kappa shape index (κ2) is 6.52. The van der Waals surface area contributed by atoms with Gasteiger partial charge < -0.3 is 14.8 Å². The molecule has 1 amide bonds. The van der Waals surface area contributed by atoms with Gasteiger partial charge >= 0.3 is 0 Å². The fourth-order valence-electron chi connectivity index (χ4n) is 2.53. The minimum atomic E-state index is -0.0250. The van der Waals surface area contributed by atoms with Gasteiger partial charge in [-0.3, -0.25) is 4.79 Å². The van der Waals surface area contributed by atoms with Crippen LogP contribution in [0, 0.1) is 0 Å². The fourth-order valence-corrected chi connectivity index (χ4v) is 2.53. The lowest BCUT2D eigenvalue weighted by molar-refractivity contribution is -0.115. The molecule has 2 aromatic rings. The first-order valence-electron chi connectivity index (χ1n) is 7.52. The van der Waals surface area contributed by atoms with Gasteiger partial charge in [-0.25, -0.2) is 0 Å². The number of anilines is 1. The summed E-state index contributed by atoms with van der Waals surface area (Å²) in [6, 6.07) is 13.4. The number of benzene rings is 2. The Kier molecular flexibility index (Phi) is 4.28. The number of rotatable bonds is 5. The van der Waals surface area contributed by atoms with Crippen LogP contribution in [0.4, 0.5) is 5.69 Å². The SMILES string of the molecule is CCOc1ccc(CC(=O)Nc2ccc3c(c2)CCO3)cc1. The smallest absolute Gasteiger partial charge is 0.228 e. The van der Waals surface area contributed by atoms with E-state index in [1.165, 1.54) is 0 Å². The third-order valence-corrected chi connectivity index (χ3v) is 3.57. The predicted molar refractivity (Wildman–Crippen MR) is 85.6 cm³/mol. The average Bonchev–Trinajstić information content (AvgIpc) is 2.97. The maximum absolute atomic E-state index is 12.1. The van der Waals surface area contributed by atoms with Crippen LogP contribution >= 0.6 is 0 Å². The van der Waals surface area contributed by atoms with Gasteiger partial charge in [0.1, 0.15) is 11.5 Å². The van der Waals surface area contributed by atoms with Gasteiger partial charge in [0.15, 0.2) is 0 Å². The van der Waals surface area contributed by atoms with Gasteiger partial charge in [-0.05, 0) is 48.4 Å². The number of amides is 1. The normalized spacial score (nSPS) is 12.4. The molecule has 0 saturated carbocycles. The van der Waals surface area contributed by atoms with Crippen molar-refractivity contribution in [1.29, 1.82) is 0 Å². The predicted octanol–water partition coefficient (Wildman–Crippen LogP) is 3.20. The Morgan fingerprint density at radius 2 is 2.05 bits per heavy atom. The molecule has 0 atom stereocenters. The zero-order valence-electron chi connectivity index (χ0n) is 12.6. The molecule has 0 spiro atoms. The molecule has 1 heterocycles. The van der Waals surface area contributed by atoms with Gasteiger partial charge in [0.05, 0.1) is 19.6 Å². The van der Waals surface area contributed by atoms with E-state index in [1.807, 2.05) is 49.4 Å². The second-order valence-corrected chi connectivity index (χ2v) is 5.22. The first kappa shape index (κ1) is 14.4. The monoisotopic (exact) mass is 297 g/mol. The summed E-state index contributed by atoms with van der Waals surface area (Å²) in [4.78, 5) is 12.1. The minimum Gasteiger partial charge on any atom is -0.494 e. The van der Waals surface area contributed by atoms with E-state index in [9.17, 15) is 4.79 Å². The molecular weight excluding hydrogens is 278 g/mol. The summed E-state index contributed by atoms with van der Waals surface area (Å²) in [5, 5.41) is 2.93. The van der Waals surface area contributed by atoms with Crippen molar-refractivity contribution in [3.05, 3.63) is 53.6 Å². The standard InChI is InChI=1S/C18H19NO3/c1-2-21-16-6-3-13(4-7-16)11-18(20)19-15-5-8-17-14(12-15)9-10-22-17/h3-8,12H,2,9-11H2,1H3,(H,19,20). The van der Waals surface area contributed by atoms with Gasteiger partial charge in [-0.1, -0.05) is 12.1 Å². The minimum absolute atomic E-state index is 0.0250. The van der Waals surface area contributed by atoms with Crippen LogP contribution in [0.1, 0.15) is 18.1 Å². The number of hydrogen-bond donors (Lipinski definition) is 1. The summed E-state index contributed by atoms with van der Waals surface area (Å²) in [6.45, 7) is 3.31. The van der Waals surface area contributed by atoms with Crippen LogP contribution in [0.5, 0.6) is 11.5 Å². The summed E-state index contributed by atoms with van der Waals surface area (Å²) in [5.41, 5.74) is 2.93. The highest BCUT2D eigenvalue weighted by atomic mass is 16.5. The molecule has 0 saturated heterocycles. The first-order chi connectivity index (χ1) is 10.7. The molecule has 4 nitrogen and oxygen atoms in total. The summed E-state index contributed by atoms with van der Waals surface area (Å²) in [6.07, 6.45) is 1.25. The van der Waals surface area contributed by atoms with Gasteiger partial charge in [-0.15, -0.1) is 0 Å². The van der Waals surface area contributed by atoms with E-state index >= 15 is 0 Å². The molecule has 0 bridgehead atoms. The lowest BCUT2D eigenvalue weighted by Gasteiger charge is -2.08. The Hall–Kier alpha value is -2.49. The van der Waals surface area contributed by atoms with Crippen LogP contribution in [0.2, 0.25) is 0 Å². The highest BCUT2D eigenvalue weighted by Crippen LogP contribution is 2.27. The van der Waals surface area contributed by atoms with E-state index in [2.05, 4.69) is 5.32 Å². The Morgan fingerprint density at radius 3 is 2.82 bits per heavy atom. The van der Waals surface area contributed by atoms with Gasteiger partial charge in [0, 0.05) is 12.1 Å². The topological polar surface area (TPSA) is 47.6 Å². The molecule has 1 N–H and O–H groups in total. The number of carbonyl (C=O) groups excluding carboxylic acids is 1. The maximum Gasteiger partial charge on any atom is 0.228 e. The molecule has 1 aliphatic heterocycles. The van der Waals surface area contributed by atoms with E-state index in [4.69, 9.17) is 9.47 Å². The Bertz CT molecular complexity index is 665. The molecule has 3 rings (SSSR count). The molecule has 0 radical (unpaired) electrons. The number of ether oxygens (including phenoxy) is 2. The van der Waals surface area contributed by atoms with E-state index in [1.54, 1.807) is 0 Å². The van der Waals surface area contributed by atoms with Crippen LogP contribution < -0.4 is 14.8 Å². The molecule has 22 heavy (non-hydrogen) atoms. The highest BCUT2D eigenvalue weighted by Gasteiger charge is 2.13. The van der Waals surface area contributed by atoms with Crippen molar-refractivity contribution in [1.82, 2.24) is 0 Å².